The fourth-order valence-electron chi connectivity index (χ4n) is 5.63. The van der Waals surface area contributed by atoms with Crippen molar-refractivity contribution < 1.29 is 9.59 Å². The molecule has 3 amide bonds. The second-order valence-corrected chi connectivity index (χ2v) is 12.1. The number of amides is 3. The third-order valence-corrected chi connectivity index (χ3v) is 8.10. The molecule has 1 saturated heterocycles. The van der Waals surface area contributed by atoms with E-state index in [4.69, 9.17) is 11.5 Å². The van der Waals surface area contributed by atoms with E-state index in [9.17, 15) is 9.59 Å². The summed E-state index contributed by atoms with van der Waals surface area (Å²) in [5.41, 5.74) is 14.1. The lowest BCUT2D eigenvalue weighted by atomic mass is 9.74. The number of rotatable bonds is 7. The first-order valence-electron chi connectivity index (χ1n) is 12.0. The van der Waals surface area contributed by atoms with Gasteiger partial charge in [-0.1, -0.05) is 20.8 Å². The molecule has 8 nitrogen and oxygen atoms in total. The Balaban J connectivity index is 1.69. The molecule has 2 aliphatic rings. The SMILES string of the molecule is CCCN(C(=O)NCC(C)(C)CN(C)C)C(=O)[C@@H]1C[C@@H]2Cc3c(sc(N)c3N)C[C@H]2N(C)C1. The van der Waals surface area contributed by atoms with Gasteiger partial charge in [-0.05, 0) is 63.7 Å². The number of imide groups is 1. The number of nitrogens with one attached hydrogen (secondary N) is 1. The van der Waals surface area contributed by atoms with Gasteiger partial charge in [-0.2, -0.15) is 0 Å². The van der Waals surface area contributed by atoms with Gasteiger partial charge in [-0.15, -0.1) is 11.3 Å². The second-order valence-electron chi connectivity index (χ2n) is 10.9. The molecule has 1 aliphatic carbocycles. The zero-order valence-electron chi connectivity index (χ0n) is 21.1. The minimum Gasteiger partial charge on any atom is -0.396 e. The second kappa shape index (κ2) is 10.2. The van der Waals surface area contributed by atoms with Gasteiger partial charge in [0.15, 0.2) is 0 Å². The van der Waals surface area contributed by atoms with Crippen LogP contribution in [-0.2, 0) is 17.6 Å². The van der Waals surface area contributed by atoms with Crippen LogP contribution in [0.2, 0.25) is 0 Å². The molecule has 2 heterocycles. The summed E-state index contributed by atoms with van der Waals surface area (Å²) >= 11 is 1.60. The van der Waals surface area contributed by atoms with Crippen molar-refractivity contribution in [3.05, 3.63) is 10.4 Å². The van der Waals surface area contributed by atoms with Crippen molar-refractivity contribution in [2.45, 2.75) is 52.5 Å². The zero-order valence-corrected chi connectivity index (χ0v) is 21.9. The smallest absolute Gasteiger partial charge is 0.324 e. The van der Waals surface area contributed by atoms with Gasteiger partial charge in [0.2, 0.25) is 5.91 Å². The number of anilines is 2. The number of hydrogen-bond acceptors (Lipinski definition) is 7. The summed E-state index contributed by atoms with van der Waals surface area (Å²) in [5.74, 6) is 0.0859. The van der Waals surface area contributed by atoms with E-state index < -0.39 is 0 Å². The van der Waals surface area contributed by atoms with Crippen LogP contribution < -0.4 is 16.8 Å². The Kier molecular flexibility index (Phi) is 7.96. The molecule has 1 aliphatic heterocycles. The monoisotopic (exact) mass is 478 g/mol. The Morgan fingerprint density at radius 3 is 2.58 bits per heavy atom. The quantitative estimate of drug-likeness (QED) is 0.556. The number of urea groups is 1. The average Bonchev–Trinajstić information content (AvgIpc) is 3.00. The van der Waals surface area contributed by atoms with Crippen molar-refractivity contribution in [1.29, 1.82) is 0 Å². The van der Waals surface area contributed by atoms with Crippen LogP contribution in [0.3, 0.4) is 0 Å². The molecule has 5 N–H and O–H groups in total. The molecule has 0 spiro atoms. The van der Waals surface area contributed by atoms with E-state index in [2.05, 4.69) is 36.0 Å². The number of carbonyl (C=O) groups is 2. The summed E-state index contributed by atoms with van der Waals surface area (Å²) in [7, 11) is 6.14. The first-order valence-corrected chi connectivity index (χ1v) is 12.8. The molecule has 1 fully saturated rings. The minimum atomic E-state index is -0.278. The van der Waals surface area contributed by atoms with Crippen molar-refractivity contribution in [2.24, 2.45) is 17.3 Å². The molecule has 0 aromatic carbocycles. The molecule has 9 heteroatoms. The first-order chi connectivity index (χ1) is 15.4. The maximum Gasteiger partial charge on any atom is 0.324 e. The number of nitrogen functional groups attached to an aromatic ring is 2. The Hall–Kier alpha value is -1.84. The number of fused-ring (bicyclic) bond motifs is 2. The Labute approximate surface area is 202 Å². The van der Waals surface area contributed by atoms with Crippen LogP contribution in [-0.4, -0.2) is 80.0 Å². The number of likely N-dealkylation sites (tertiary alicyclic amines) is 1. The van der Waals surface area contributed by atoms with Crippen LogP contribution >= 0.6 is 11.3 Å². The molecular weight excluding hydrogens is 436 g/mol. The van der Waals surface area contributed by atoms with Crippen LogP contribution in [0.4, 0.5) is 15.5 Å². The predicted octanol–water partition coefficient (Wildman–Crippen LogP) is 2.48. The average molecular weight is 479 g/mol. The van der Waals surface area contributed by atoms with Gasteiger partial charge >= 0.3 is 6.03 Å². The Morgan fingerprint density at radius 1 is 1.24 bits per heavy atom. The minimum absolute atomic E-state index is 0.0614. The predicted molar refractivity (Wildman–Crippen MR) is 136 cm³/mol. The van der Waals surface area contributed by atoms with Gasteiger partial charge in [-0.25, -0.2) is 4.79 Å². The van der Waals surface area contributed by atoms with Crippen molar-refractivity contribution in [3.63, 3.8) is 0 Å². The highest BCUT2D eigenvalue weighted by Crippen LogP contribution is 2.44. The zero-order chi connectivity index (χ0) is 24.5. The summed E-state index contributed by atoms with van der Waals surface area (Å²) in [6.07, 6.45) is 3.31. The molecule has 3 atom stereocenters. The van der Waals surface area contributed by atoms with Gasteiger partial charge in [0.05, 0.1) is 11.6 Å². The van der Waals surface area contributed by atoms with E-state index in [-0.39, 0.29) is 23.3 Å². The summed E-state index contributed by atoms with van der Waals surface area (Å²) in [4.78, 5) is 33.8. The first kappa shape index (κ1) is 25.8. The molecule has 33 heavy (non-hydrogen) atoms. The number of nitrogens with two attached hydrogens (primary N) is 2. The number of thiophene rings is 1. The van der Waals surface area contributed by atoms with E-state index in [1.807, 2.05) is 21.0 Å². The van der Waals surface area contributed by atoms with Gasteiger partial charge in [0.25, 0.3) is 0 Å². The largest absolute Gasteiger partial charge is 0.396 e. The summed E-state index contributed by atoms with van der Waals surface area (Å²) in [6, 6.07) is 0.110. The van der Waals surface area contributed by atoms with Gasteiger partial charge in [0, 0.05) is 37.1 Å². The van der Waals surface area contributed by atoms with E-state index in [0.29, 0.717) is 36.6 Å². The highest BCUT2D eigenvalue weighted by molar-refractivity contribution is 7.16. The Bertz CT molecular complexity index is 867. The van der Waals surface area contributed by atoms with Crippen LogP contribution in [0.5, 0.6) is 0 Å². The highest BCUT2D eigenvalue weighted by atomic mass is 32.1. The van der Waals surface area contributed by atoms with Gasteiger partial charge < -0.3 is 26.6 Å². The fourth-order valence-corrected chi connectivity index (χ4v) is 6.70. The molecule has 186 valence electrons. The van der Waals surface area contributed by atoms with Crippen molar-refractivity contribution in [3.8, 4) is 0 Å². The number of piperidine rings is 1. The van der Waals surface area contributed by atoms with Crippen molar-refractivity contribution in [1.82, 2.24) is 20.0 Å². The van der Waals surface area contributed by atoms with Crippen LogP contribution in [0, 0.1) is 17.3 Å². The molecule has 0 radical (unpaired) electrons. The topological polar surface area (TPSA) is 108 Å². The number of carbonyl (C=O) groups excluding carboxylic acids is 2. The van der Waals surface area contributed by atoms with Gasteiger partial charge in [-0.3, -0.25) is 9.69 Å². The maximum atomic E-state index is 13.6. The number of hydrogen-bond donors (Lipinski definition) is 3. The molecule has 0 unspecified atom stereocenters. The summed E-state index contributed by atoms with van der Waals surface area (Å²) < 4.78 is 0. The lowest BCUT2D eigenvalue weighted by Crippen LogP contribution is -2.56. The summed E-state index contributed by atoms with van der Waals surface area (Å²) in [6.45, 7) is 8.72. The van der Waals surface area contributed by atoms with Crippen molar-refractivity contribution in [2.75, 3.05) is 58.8 Å². The molecular formula is C24H42N6O2S. The van der Waals surface area contributed by atoms with E-state index in [0.717, 1.165) is 37.9 Å². The normalized spacial score (nSPS) is 23.2. The molecule has 1 aromatic heterocycles. The molecule has 0 bridgehead atoms. The fraction of sp³-hybridized carbons (Fsp3) is 0.750. The lowest BCUT2D eigenvalue weighted by Gasteiger charge is -2.45. The third kappa shape index (κ3) is 5.81. The molecule has 1 aromatic rings. The van der Waals surface area contributed by atoms with E-state index in [1.165, 1.54) is 15.3 Å². The van der Waals surface area contributed by atoms with Crippen LogP contribution in [0.15, 0.2) is 0 Å². The number of likely N-dealkylation sites (N-methyl/N-ethyl adjacent to an activating group) is 1. The number of nitrogens with zero attached hydrogens (tertiary/aromatic N) is 3. The summed E-state index contributed by atoms with van der Waals surface area (Å²) in [5, 5.41) is 3.73. The van der Waals surface area contributed by atoms with Gasteiger partial charge in [0.1, 0.15) is 5.00 Å². The van der Waals surface area contributed by atoms with E-state index >= 15 is 0 Å². The maximum absolute atomic E-state index is 13.6. The van der Waals surface area contributed by atoms with Crippen LogP contribution in [0.1, 0.15) is 44.1 Å². The Morgan fingerprint density at radius 2 is 1.94 bits per heavy atom. The third-order valence-electron chi connectivity index (χ3n) is 7.00. The highest BCUT2D eigenvalue weighted by Gasteiger charge is 2.43. The van der Waals surface area contributed by atoms with Crippen LogP contribution in [0.25, 0.3) is 0 Å². The standard InChI is InChI=1S/C24H42N6O2S/c1-7-8-30(23(32)27-13-24(2,3)14-28(4)5)22(31)16-9-15-10-17-19(33-21(26)20(17)25)11-18(15)29(6)12-16/h15-16,18H,7-14,25-26H2,1-6H3,(H,27,32)/t15-,16-,18-/m1/s1. The molecule has 3 rings (SSSR count). The van der Waals surface area contributed by atoms with Crippen molar-refractivity contribution >= 4 is 34.0 Å². The molecule has 0 saturated carbocycles. The lowest BCUT2D eigenvalue weighted by molar-refractivity contribution is -0.136. The van der Waals surface area contributed by atoms with E-state index in [1.54, 1.807) is 11.3 Å².